The number of rotatable bonds is 4. The average molecular weight is 344 g/mol. The van der Waals surface area contributed by atoms with E-state index >= 15 is 0 Å². The van der Waals surface area contributed by atoms with Gasteiger partial charge in [-0.2, -0.15) is 0 Å². The molecule has 126 valence electrons. The van der Waals surface area contributed by atoms with Crippen molar-refractivity contribution in [3.05, 3.63) is 59.3 Å². The first-order valence-electron chi connectivity index (χ1n) is 7.57. The molecule has 0 saturated heterocycles. The summed E-state index contributed by atoms with van der Waals surface area (Å²) in [5.74, 6) is 0.527. The number of hydrogen-bond donors (Lipinski definition) is 2. The van der Waals surface area contributed by atoms with Crippen molar-refractivity contribution in [2.75, 3.05) is 7.11 Å². The molecule has 2 aromatic carbocycles. The molecule has 3 aromatic rings. The molecule has 1 aromatic heterocycles. The van der Waals surface area contributed by atoms with Gasteiger partial charge in [-0.1, -0.05) is 18.2 Å². The quantitative estimate of drug-likeness (QED) is 0.761. The van der Waals surface area contributed by atoms with Gasteiger partial charge in [0.15, 0.2) is 9.84 Å². The summed E-state index contributed by atoms with van der Waals surface area (Å²) >= 11 is 0. The number of methoxy groups -OCH3 is 1. The van der Waals surface area contributed by atoms with E-state index in [1.807, 2.05) is 26.0 Å². The normalized spacial score (nSPS) is 13.2. The highest BCUT2D eigenvalue weighted by molar-refractivity contribution is 7.91. The van der Waals surface area contributed by atoms with Crippen LogP contribution in [0.15, 0.2) is 47.5 Å². The van der Waals surface area contributed by atoms with E-state index in [-0.39, 0.29) is 4.90 Å². The third-order valence-electron chi connectivity index (χ3n) is 4.31. The summed E-state index contributed by atoms with van der Waals surface area (Å²) in [5.41, 5.74) is 9.56. The first-order valence-corrected chi connectivity index (χ1v) is 9.11. The van der Waals surface area contributed by atoms with Gasteiger partial charge in [0.25, 0.3) is 0 Å². The van der Waals surface area contributed by atoms with Crippen LogP contribution in [0.25, 0.3) is 10.9 Å². The minimum Gasteiger partial charge on any atom is -0.496 e. The van der Waals surface area contributed by atoms with Gasteiger partial charge in [-0.05, 0) is 48.7 Å². The van der Waals surface area contributed by atoms with Crippen molar-refractivity contribution in [3.63, 3.8) is 0 Å². The van der Waals surface area contributed by atoms with Crippen molar-refractivity contribution in [2.45, 2.75) is 24.1 Å². The lowest BCUT2D eigenvalue weighted by Crippen LogP contribution is -2.22. The predicted octanol–water partition coefficient (Wildman–Crippen LogP) is 3.22. The molecule has 24 heavy (non-hydrogen) atoms. The summed E-state index contributed by atoms with van der Waals surface area (Å²) < 4.78 is 31.2. The molecule has 0 spiro atoms. The Hall–Kier alpha value is -2.31. The number of benzene rings is 2. The van der Waals surface area contributed by atoms with E-state index in [2.05, 4.69) is 4.98 Å². The topological polar surface area (TPSA) is 85.2 Å². The average Bonchev–Trinajstić information content (AvgIpc) is 3.05. The molecule has 3 rings (SSSR count). The van der Waals surface area contributed by atoms with Crippen LogP contribution in [-0.4, -0.2) is 20.5 Å². The summed E-state index contributed by atoms with van der Waals surface area (Å²) in [7, 11) is -2.22. The second-order valence-corrected chi connectivity index (χ2v) is 7.90. The summed E-state index contributed by atoms with van der Waals surface area (Å²) in [6.07, 6.45) is 1.79. The van der Waals surface area contributed by atoms with E-state index < -0.39 is 15.2 Å². The SMILES string of the molecule is COc1cc(S(=O)(=O)C(N)c2ccc(C)c3[nH]ccc23)ccc1C. The van der Waals surface area contributed by atoms with Gasteiger partial charge in [0, 0.05) is 17.1 Å². The van der Waals surface area contributed by atoms with Crippen LogP contribution in [0.4, 0.5) is 0 Å². The number of nitrogens with one attached hydrogen (secondary N) is 1. The van der Waals surface area contributed by atoms with Crippen LogP contribution in [0.5, 0.6) is 5.75 Å². The van der Waals surface area contributed by atoms with Crippen LogP contribution in [0.3, 0.4) is 0 Å². The zero-order valence-electron chi connectivity index (χ0n) is 13.8. The van der Waals surface area contributed by atoms with Gasteiger partial charge in [-0.15, -0.1) is 0 Å². The molecule has 0 radical (unpaired) electrons. The molecule has 1 heterocycles. The maximum Gasteiger partial charge on any atom is 0.198 e. The number of nitrogens with two attached hydrogens (primary N) is 1. The minimum absolute atomic E-state index is 0.154. The Labute approximate surface area is 141 Å². The highest BCUT2D eigenvalue weighted by atomic mass is 32.2. The number of H-pyrrole nitrogens is 1. The highest BCUT2D eigenvalue weighted by Crippen LogP contribution is 2.32. The summed E-state index contributed by atoms with van der Waals surface area (Å²) in [6.45, 7) is 3.83. The van der Waals surface area contributed by atoms with E-state index in [0.717, 1.165) is 22.0 Å². The lowest BCUT2D eigenvalue weighted by Gasteiger charge is -2.16. The van der Waals surface area contributed by atoms with Crippen LogP contribution < -0.4 is 10.5 Å². The zero-order valence-corrected chi connectivity index (χ0v) is 14.6. The van der Waals surface area contributed by atoms with Crippen molar-refractivity contribution in [1.82, 2.24) is 4.98 Å². The van der Waals surface area contributed by atoms with Crippen LogP contribution in [-0.2, 0) is 9.84 Å². The molecular formula is C18H20N2O3S. The molecule has 0 bridgehead atoms. The molecule has 0 fully saturated rings. The Bertz CT molecular complexity index is 1010. The Balaban J connectivity index is 2.12. The number of fused-ring (bicyclic) bond motifs is 1. The maximum absolute atomic E-state index is 13.0. The van der Waals surface area contributed by atoms with E-state index in [1.165, 1.54) is 13.2 Å². The number of aryl methyl sites for hydroxylation is 2. The third-order valence-corrected chi connectivity index (χ3v) is 6.15. The second kappa shape index (κ2) is 5.96. The van der Waals surface area contributed by atoms with E-state index in [0.29, 0.717) is 11.3 Å². The first-order chi connectivity index (χ1) is 11.4. The molecule has 0 aliphatic carbocycles. The molecule has 0 aliphatic rings. The van der Waals surface area contributed by atoms with E-state index in [1.54, 1.807) is 24.4 Å². The molecule has 0 saturated carbocycles. The monoisotopic (exact) mass is 344 g/mol. The Morgan fingerprint density at radius 2 is 1.79 bits per heavy atom. The van der Waals surface area contributed by atoms with Gasteiger partial charge < -0.3 is 15.5 Å². The smallest absolute Gasteiger partial charge is 0.198 e. The molecule has 0 aliphatic heterocycles. The van der Waals surface area contributed by atoms with Gasteiger partial charge in [0.2, 0.25) is 0 Å². The van der Waals surface area contributed by atoms with Gasteiger partial charge in [-0.25, -0.2) is 8.42 Å². The fraction of sp³-hybridized carbons (Fsp3) is 0.222. The Morgan fingerprint density at radius 3 is 2.50 bits per heavy atom. The van der Waals surface area contributed by atoms with Crippen molar-refractivity contribution in [2.24, 2.45) is 5.73 Å². The molecule has 1 unspecified atom stereocenters. The number of hydrogen-bond acceptors (Lipinski definition) is 4. The van der Waals surface area contributed by atoms with Gasteiger partial charge in [0.05, 0.1) is 12.0 Å². The molecular weight excluding hydrogens is 324 g/mol. The van der Waals surface area contributed by atoms with E-state index in [4.69, 9.17) is 10.5 Å². The van der Waals surface area contributed by atoms with Crippen LogP contribution in [0, 0.1) is 13.8 Å². The summed E-state index contributed by atoms with van der Waals surface area (Å²) in [5, 5.41) is -0.325. The largest absolute Gasteiger partial charge is 0.496 e. The highest BCUT2D eigenvalue weighted by Gasteiger charge is 2.28. The Kier molecular flexibility index (Phi) is 4.11. The van der Waals surface area contributed by atoms with Crippen molar-refractivity contribution in [1.29, 1.82) is 0 Å². The number of aromatic nitrogens is 1. The molecule has 0 amide bonds. The predicted molar refractivity (Wildman–Crippen MR) is 94.9 cm³/mol. The first kappa shape index (κ1) is 16.5. The fourth-order valence-corrected chi connectivity index (χ4v) is 4.23. The number of ether oxygens (including phenoxy) is 1. The maximum atomic E-state index is 13.0. The lowest BCUT2D eigenvalue weighted by atomic mass is 10.1. The second-order valence-electron chi connectivity index (χ2n) is 5.84. The van der Waals surface area contributed by atoms with Crippen molar-refractivity contribution < 1.29 is 13.2 Å². The fourth-order valence-electron chi connectivity index (χ4n) is 2.86. The van der Waals surface area contributed by atoms with Crippen molar-refractivity contribution in [3.8, 4) is 5.75 Å². The van der Waals surface area contributed by atoms with Crippen LogP contribution in [0.1, 0.15) is 22.1 Å². The third kappa shape index (κ3) is 2.57. The standard InChI is InChI=1S/C18H20N2O3S/c1-11-4-6-13(10-16(11)23-3)24(21,22)18(19)15-7-5-12(2)17-14(15)8-9-20-17/h4-10,18,20H,19H2,1-3H3. The van der Waals surface area contributed by atoms with Crippen molar-refractivity contribution >= 4 is 20.7 Å². The Morgan fingerprint density at radius 1 is 1.08 bits per heavy atom. The molecule has 5 nitrogen and oxygen atoms in total. The zero-order chi connectivity index (χ0) is 17.5. The lowest BCUT2D eigenvalue weighted by molar-refractivity contribution is 0.410. The van der Waals surface area contributed by atoms with Gasteiger partial charge in [-0.3, -0.25) is 0 Å². The van der Waals surface area contributed by atoms with Crippen LogP contribution >= 0.6 is 0 Å². The van der Waals surface area contributed by atoms with Gasteiger partial charge >= 0.3 is 0 Å². The van der Waals surface area contributed by atoms with E-state index in [9.17, 15) is 8.42 Å². The molecule has 1 atom stereocenters. The van der Waals surface area contributed by atoms with Gasteiger partial charge in [0.1, 0.15) is 11.1 Å². The number of aromatic amines is 1. The number of sulfone groups is 1. The summed E-state index contributed by atoms with van der Waals surface area (Å²) in [4.78, 5) is 3.28. The molecule has 6 heteroatoms. The summed E-state index contributed by atoms with van der Waals surface area (Å²) in [6, 6.07) is 10.3. The molecule has 3 N–H and O–H groups in total. The minimum atomic E-state index is -3.74. The van der Waals surface area contributed by atoms with Crippen LogP contribution in [0.2, 0.25) is 0 Å².